The summed E-state index contributed by atoms with van der Waals surface area (Å²) in [5.41, 5.74) is 10.6. The number of nitrogens with one attached hydrogen (secondary N) is 2. The van der Waals surface area contributed by atoms with Crippen LogP contribution in [0.2, 0.25) is 0 Å². The van der Waals surface area contributed by atoms with Crippen molar-refractivity contribution in [3.63, 3.8) is 0 Å². The Bertz CT molecular complexity index is 1420. The fraction of sp³-hybridized carbons (Fsp3) is 0.174. The van der Waals surface area contributed by atoms with E-state index in [1.807, 2.05) is 36.4 Å². The molecule has 0 spiro atoms. The number of benzene rings is 2. The van der Waals surface area contributed by atoms with Gasteiger partial charge in [0.2, 0.25) is 16.0 Å². The zero-order chi connectivity index (χ0) is 23.0. The maximum absolute atomic E-state index is 11.4. The zero-order valence-electron chi connectivity index (χ0n) is 17.7. The molecule has 0 atom stereocenters. The predicted octanol–water partition coefficient (Wildman–Crippen LogP) is 3.11. The molecule has 168 valence electrons. The number of nitrogen functional groups attached to an aromatic ring is 1. The van der Waals surface area contributed by atoms with Gasteiger partial charge in [-0.2, -0.15) is 4.98 Å². The third-order valence-electron chi connectivity index (χ3n) is 5.37. The van der Waals surface area contributed by atoms with Gasteiger partial charge in [-0.1, -0.05) is 24.3 Å². The van der Waals surface area contributed by atoms with Gasteiger partial charge in [0, 0.05) is 23.8 Å². The minimum Gasteiger partial charge on any atom is -0.399 e. The maximum Gasteiger partial charge on any atom is 0.238 e. The molecule has 0 aliphatic heterocycles. The van der Waals surface area contributed by atoms with E-state index >= 15 is 0 Å². The van der Waals surface area contributed by atoms with E-state index in [0.717, 1.165) is 35.2 Å². The van der Waals surface area contributed by atoms with E-state index in [4.69, 9.17) is 15.9 Å². The minimum absolute atomic E-state index is 0.0760. The Morgan fingerprint density at radius 3 is 2.30 bits per heavy atom. The first kappa shape index (κ1) is 21.1. The smallest absolute Gasteiger partial charge is 0.238 e. The Balaban J connectivity index is 1.43. The highest BCUT2D eigenvalue weighted by atomic mass is 32.2. The number of pyridine rings is 1. The molecular formula is C23H23N7O2S. The Morgan fingerprint density at radius 1 is 0.909 bits per heavy atom. The van der Waals surface area contributed by atoms with Crippen molar-refractivity contribution in [1.29, 1.82) is 0 Å². The second kappa shape index (κ2) is 8.30. The average molecular weight is 462 g/mol. The predicted molar refractivity (Wildman–Crippen MR) is 129 cm³/mol. The lowest BCUT2D eigenvalue weighted by atomic mass is 10.1. The number of hydrogen-bond donors (Lipinski definition) is 4. The van der Waals surface area contributed by atoms with E-state index < -0.39 is 10.0 Å². The second-order valence-electron chi connectivity index (χ2n) is 8.04. The van der Waals surface area contributed by atoms with E-state index in [1.54, 1.807) is 12.1 Å². The molecule has 2 heterocycles. The highest BCUT2D eigenvalue weighted by Crippen LogP contribution is 2.30. The van der Waals surface area contributed by atoms with Crippen LogP contribution in [0.15, 0.2) is 65.6 Å². The van der Waals surface area contributed by atoms with Crippen LogP contribution in [0.4, 0.5) is 17.5 Å². The molecule has 9 nitrogen and oxygen atoms in total. The van der Waals surface area contributed by atoms with E-state index in [-0.39, 0.29) is 4.90 Å². The van der Waals surface area contributed by atoms with Gasteiger partial charge < -0.3 is 16.4 Å². The summed E-state index contributed by atoms with van der Waals surface area (Å²) in [4.78, 5) is 14.2. The van der Waals surface area contributed by atoms with Crippen LogP contribution < -0.4 is 21.5 Å². The Morgan fingerprint density at radius 2 is 1.64 bits per heavy atom. The average Bonchev–Trinajstić information content (AvgIpc) is 3.62. The molecule has 4 aromatic rings. The molecule has 0 amide bonds. The third kappa shape index (κ3) is 4.86. The molecule has 33 heavy (non-hydrogen) atoms. The Kier molecular flexibility index (Phi) is 5.31. The molecule has 1 saturated carbocycles. The lowest BCUT2D eigenvalue weighted by Crippen LogP contribution is -2.12. The first-order valence-electron chi connectivity index (χ1n) is 10.5. The van der Waals surface area contributed by atoms with Crippen molar-refractivity contribution in [2.75, 3.05) is 16.4 Å². The molecule has 0 saturated heterocycles. The van der Waals surface area contributed by atoms with Crippen molar-refractivity contribution >= 4 is 38.5 Å². The van der Waals surface area contributed by atoms with Gasteiger partial charge >= 0.3 is 0 Å². The van der Waals surface area contributed by atoms with Crippen molar-refractivity contribution in [2.45, 2.75) is 30.3 Å². The number of hydrogen-bond acceptors (Lipinski definition) is 8. The number of nitrogens with zero attached hydrogens (tertiary/aromatic N) is 3. The number of fused-ring (bicyclic) bond motifs is 1. The molecule has 1 fully saturated rings. The van der Waals surface area contributed by atoms with Crippen LogP contribution in [0.5, 0.6) is 0 Å². The topological polar surface area (TPSA) is 149 Å². The van der Waals surface area contributed by atoms with Gasteiger partial charge in [-0.15, -0.1) is 0 Å². The van der Waals surface area contributed by atoms with Crippen LogP contribution in [0.3, 0.4) is 0 Å². The molecule has 0 unspecified atom stereocenters. The van der Waals surface area contributed by atoms with E-state index in [9.17, 15) is 8.42 Å². The molecule has 1 aliphatic carbocycles. The number of anilines is 3. The normalized spacial score (nSPS) is 13.7. The molecular weight excluding hydrogens is 438 g/mol. The highest BCUT2D eigenvalue weighted by Gasteiger charge is 2.23. The molecule has 6 N–H and O–H groups in total. The van der Waals surface area contributed by atoms with Gasteiger partial charge in [-0.3, -0.25) is 0 Å². The lowest BCUT2D eigenvalue weighted by molar-refractivity contribution is 0.598. The zero-order valence-corrected chi connectivity index (χ0v) is 18.5. The van der Waals surface area contributed by atoms with Crippen molar-refractivity contribution in [2.24, 2.45) is 5.14 Å². The monoisotopic (exact) mass is 461 g/mol. The van der Waals surface area contributed by atoms with E-state index in [1.165, 1.54) is 12.1 Å². The molecule has 0 radical (unpaired) electrons. The summed E-state index contributed by atoms with van der Waals surface area (Å²) in [6, 6.07) is 18.2. The van der Waals surface area contributed by atoms with E-state index in [2.05, 4.69) is 20.6 Å². The lowest BCUT2D eigenvalue weighted by Gasteiger charge is -2.12. The fourth-order valence-corrected chi connectivity index (χ4v) is 3.92. The summed E-state index contributed by atoms with van der Waals surface area (Å²) in [7, 11) is -3.71. The molecule has 0 bridgehead atoms. The number of aromatic nitrogens is 3. The van der Waals surface area contributed by atoms with Crippen molar-refractivity contribution in [3.8, 4) is 11.3 Å². The standard InChI is InChI=1S/C23H23N7O2S/c24-16-5-3-15(4-6-16)19-11-12-20-21(28-19)22(27-17-7-8-17)30-23(29-20)26-13-14-1-9-18(10-2-14)33(25,31)32/h1-6,9-12,17H,7-8,13,24H2,(H2,25,31,32)(H2,26,27,29,30). The van der Waals surface area contributed by atoms with Gasteiger partial charge in [-0.25, -0.2) is 23.5 Å². The Hall–Kier alpha value is -3.76. The van der Waals surface area contributed by atoms with Crippen molar-refractivity contribution < 1.29 is 8.42 Å². The van der Waals surface area contributed by atoms with Gasteiger partial charge in [0.25, 0.3) is 0 Å². The van der Waals surface area contributed by atoms with Crippen LogP contribution in [0, 0.1) is 0 Å². The summed E-state index contributed by atoms with van der Waals surface area (Å²) in [5.74, 6) is 1.15. The van der Waals surface area contributed by atoms with Crippen LogP contribution in [0.1, 0.15) is 18.4 Å². The van der Waals surface area contributed by atoms with E-state index in [0.29, 0.717) is 35.6 Å². The number of primary sulfonamides is 1. The molecule has 5 rings (SSSR count). The molecule has 2 aromatic heterocycles. The SMILES string of the molecule is Nc1ccc(-c2ccc3nc(NCc4ccc(S(N)(=O)=O)cc4)nc(NC4CC4)c3n2)cc1. The summed E-state index contributed by atoms with van der Waals surface area (Å²) >= 11 is 0. The quantitative estimate of drug-likeness (QED) is 0.307. The minimum atomic E-state index is -3.71. The first-order chi connectivity index (χ1) is 15.8. The second-order valence-corrected chi connectivity index (χ2v) is 9.60. The summed E-state index contributed by atoms with van der Waals surface area (Å²) in [5, 5.41) is 11.8. The van der Waals surface area contributed by atoms with Gasteiger partial charge in [-0.05, 0) is 54.8 Å². The number of rotatable bonds is 7. The number of nitrogens with two attached hydrogens (primary N) is 2. The van der Waals surface area contributed by atoms with Crippen LogP contribution in [0.25, 0.3) is 22.3 Å². The fourth-order valence-electron chi connectivity index (χ4n) is 3.41. The first-order valence-corrected chi connectivity index (χ1v) is 12.1. The number of sulfonamides is 1. The summed E-state index contributed by atoms with van der Waals surface area (Å²) in [6.07, 6.45) is 2.20. The Labute approximate surface area is 191 Å². The maximum atomic E-state index is 11.4. The molecule has 2 aromatic carbocycles. The summed E-state index contributed by atoms with van der Waals surface area (Å²) < 4.78 is 22.9. The van der Waals surface area contributed by atoms with Gasteiger partial charge in [0.15, 0.2) is 5.82 Å². The van der Waals surface area contributed by atoms with Crippen molar-refractivity contribution in [1.82, 2.24) is 15.0 Å². The van der Waals surface area contributed by atoms with Crippen LogP contribution in [-0.2, 0) is 16.6 Å². The third-order valence-corrected chi connectivity index (χ3v) is 6.30. The highest BCUT2D eigenvalue weighted by molar-refractivity contribution is 7.89. The van der Waals surface area contributed by atoms with Crippen LogP contribution in [-0.4, -0.2) is 29.4 Å². The van der Waals surface area contributed by atoms with Crippen molar-refractivity contribution in [3.05, 3.63) is 66.2 Å². The van der Waals surface area contributed by atoms with Gasteiger partial charge in [0.1, 0.15) is 5.52 Å². The summed E-state index contributed by atoms with van der Waals surface area (Å²) in [6.45, 7) is 0.427. The largest absolute Gasteiger partial charge is 0.399 e. The van der Waals surface area contributed by atoms with Crippen LogP contribution >= 0.6 is 0 Å². The molecule has 1 aliphatic rings. The molecule has 10 heteroatoms. The van der Waals surface area contributed by atoms with Gasteiger partial charge in [0.05, 0.1) is 16.1 Å².